The summed E-state index contributed by atoms with van der Waals surface area (Å²) < 4.78 is 4.92. The zero-order valence-corrected chi connectivity index (χ0v) is 12.9. The number of carbonyl (C=O) groups is 1. The van der Waals surface area contributed by atoms with E-state index in [1.54, 1.807) is 21.1 Å². The van der Waals surface area contributed by atoms with E-state index in [4.69, 9.17) is 10.5 Å². The molecule has 4 N–H and O–H groups in total. The van der Waals surface area contributed by atoms with Crippen LogP contribution in [0.15, 0.2) is 0 Å². The zero-order valence-electron chi connectivity index (χ0n) is 12.0. The Hall–Kier alpha value is -1.38. The normalized spacial score (nSPS) is 12.2. The smallest absolute Gasteiger partial charge is 0.267 e. The molecule has 0 aliphatic carbocycles. The summed E-state index contributed by atoms with van der Waals surface area (Å²) in [5.74, 6) is 0.0456. The standard InChI is InChI=1S/C12H22N4O3S/c1-8(17)4-6-16(2)11(18)9-10(13)15-12(20-9)14-5-7-19-3/h8,17H,4-7,13H2,1-3H3,(H,14,15). The van der Waals surface area contributed by atoms with Crippen molar-refractivity contribution in [2.45, 2.75) is 19.4 Å². The molecule has 1 aromatic heterocycles. The monoisotopic (exact) mass is 302 g/mol. The van der Waals surface area contributed by atoms with Gasteiger partial charge in [-0.25, -0.2) is 4.98 Å². The molecule has 0 aromatic carbocycles. The third-order valence-corrected chi connectivity index (χ3v) is 3.68. The Kier molecular flexibility index (Phi) is 6.69. The van der Waals surface area contributed by atoms with Gasteiger partial charge in [0.25, 0.3) is 5.91 Å². The highest BCUT2D eigenvalue weighted by atomic mass is 32.1. The molecule has 0 saturated carbocycles. The molecule has 20 heavy (non-hydrogen) atoms. The number of aromatic nitrogens is 1. The van der Waals surface area contributed by atoms with Crippen molar-refractivity contribution < 1.29 is 14.6 Å². The molecule has 1 aromatic rings. The molecular formula is C12H22N4O3S. The van der Waals surface area contributed by atoms with E-state index in [0.717, 1.165) is 0 Å². The summed E-state index contributed by atoms with van der Waals surface area (Å²) in [6.07, 6.45) is 0.0928. The predicted molar refractivity (Wildman–Crippen MR) is 80.2 cm³/mol. The van der Waals surface area contributed by atoms with E-state index in [0.29, 0.717) is 36.1 Å². The number of nitrogen functional groups attached to an aromatic ring is 1. The highest BCUT2D eigenvalue weighted by molar-refractivity contribution is 7.18. The van der Waals surface area contributed by atoms with Crippen molar-refractivity contribution in [3.8, 4) is 0 Å². The van der Waals surface area contributed by atoms with Crippen molar-refractivity contribution in [1.82, 2.24) is 9.88 Å². The molecular weight excluding hydrogens is 280 g/mol. The highest BCUT2D eigenvalue weighted by Crippen LogP contribution is 2.26. The summed E-state index contributed by atoms with van der Waals surface area (Å²) in [5, 5.41) is 12.9. The van der Waals surface area contributed by atoms with Crippen LogP contribution in [0.3, 0.4) is 0 Å². The fourth-order valence-electron chi connectivity index (χ4n) is 1.48. The average molecular weight is 302 g/mol. The Morgan fingerprint density at radius 3 is 2.95 bits per heavy atom. The van der Waals surface area contributed by atoms with Crippen LogP contribution >= 0.6 is 11.3 Å². The minimum Gasteiger partial charge on any atom is -0.393 e. The molecule has 0 radical (unpaired) electrons. The molecule has 1 atom stereocenters. The van der Waals surface area contributed by atoms with Crippen LogP contribution in [-0.4, -0.2) is 60.9 Å². The molecule has 0 aliphatic heterocycles. The molecule has 8 heteroatoms. The number of aliphatic hydroxyl groups excluding tert-OH is 1. The molecule has 0 fully saturated rings. The van der Waals surface area contributed by atoms with Gasteiger partial charge in [0.1, 0.15) is 10.7 Å². The number of hydrogen-bond donors (Lipinski definition) is 3. The summed E-state index contributed by atoms with van der Waals surface area (Å²) in [6, 6.07) is 0. The van der Waals surface area contributed by atoms with Crippen LogP contribution in [0.5, 0.6) is 0 Å². The van der Waals surface area contributed by atoms with E-state index in [1.165, 1.54) is 16.2 Å². The quantitative estimate of drug-likeness (QED) is 0.609. The van der Waals surface area contributed by atoms with Gasteiger partial charge in [0, 0.05) is 27.2 Å². The van der Waals surface area contributed by atoms with Gasteiger partial charge in [-0.05, 0) is 13.3 Å². The number of ether oxygens (including phenoxy) is 1. The van der Waals surface area contributed by atoms with Crippen LogP contribution in [0.1, 0.15) is 23.0 Å². The van der Waals surface area contributed by atoms with Gasteiger partial charge >= 0.3 is 0 Å². The highest BCUT2D eigenvalue weighted by Gasteiger charge is 2.19. The number of carbonyl (C=O) groups excluding carboxylic acids is 1. The lowest BCUT2D eigenvalue weighted by atomic mass is 10.2. The first-order chi connectivity index (χ1) is 9.45. The fraction of sp³-hybridized carbons (Fsp3) is 0.667. The van der Waals surface area contributed by atoms with Crippen LogP contribution in [0, 0.1) is 0 Å². The Balaban J connectivity index is 2.63. The van der Waals surface area contributed by atoms with Crippen molar-refractivity contribution >= 4 is 28.2 Å². The van der Waals surface area contributed by atoms with Gasteiger partial charge < -0.3 is 25.8 Å². The molecule has 1 unspecified atom stereocenters. The van der Waals surface area contributed by atoms with Gasteiger partial charge in [-0.1, -0.05) is 11.3 Å². The molecule has 7 nitrogen and oxygen atoms in total. The molecule has 0 bridgehead atoms. The topological polar surface area (TPSA) is 101 Å². The third kappa shape index (κ3) is 4.95. The lowest BCUT2D eigenvalue weighted by molar-refractivity contribution is 0.0774. The first-order valence-corrected chi connectivity index (χ1v) is 7.20. The van der Waals surface area contributed by atoms with Crippen molar-refractivity contribution in [3.63, 3.8) is 0 Å². The van der Waals surface area contributed by atoms with Crippen LogP contribution < -0.4 is 11.1 Å². The van der Waals surface area contributed by atoms with Gasteiger partial charge in [-0.3, -0.25) is 4.79 Å². The number of amides is 1. The predicted octanol–water partition coefficient (Wildman–Crippen LogP) is 0.627. The average Bonchev–Trinajstić information content (AvgIpc) is 2.76. The number of methoxy groups -OCH3 is 1. The Bertz CT molecular complexity index is 436. The SMILES string of the molecule is COCCNc1nc(N)c(C(=O)N(C)CCC(C)O)s1. The maximum absolute atomic E-state index is 12.2. The number of rotatable bonds is 8. The summed E-state index contributed by atoms with van der Waals surface area (Å²) in [7, 11) is 3.30. The first kappa shape index (κ1) is 16.7. The first-order valence-electron chi connectivity index (χ1n) is 6.38. The van der Waals surface area contributed by atoms with E-state index >= 15 is 0 Å². The van der Waals surface area contributed by atoms with Gasteiger partial charge in [0.05, 0.1) is 12.7 Å². The van der Waals surface area contributed by atoms with Gasteiger partial charge in [0.15, 0.2) is 5.13 Å². The molecule has 1 amide bonds. The number of nitrogens with zero attached hydrogens (tertiary/aromatic N) is 2. The summed E-state index contributed by atoms with van der Waals surface area (Å²) >= 11 is 1.22. The Labute approximate surface area is 122 Å². The Morgan fingerprint density at radius 2 is 2.35 bits per heavy atom. The second-order valence-electron chi connectivity index (χ2n) is 4.52. The summed E-state index contributed by atoms with van der Waals surface area (Å²) in [6.45, 7) is 3.32. The second kappa shape index (κ2) is 8.03. The van der Waals surface area contributed by atoms with E-state index in [2.05, 4.69) is 10.3 Å². The number of hydrogen-bond acceptors (Lipinski definition) is 7. The second-order valence-corrected chi connectivity index (χ2v) is 5.52. The summed E-state index contributed by atoms with van der Waals surface area (Å²) in [4.78, 5) is 18.3. The van der Waals surface area contributed by atoms with Crippen LogP contribution in [0.4, 0.5) is 10.9 Å². The minimum absolute atomic E-state index is 0.180. The molecule has 1 rings (SSSR count). The Morgan fingerprint density at radius 1 is 1.65 bits per heavy atom. The maximum atomic E-state index is 12.2. The van der Waals surface area contributed by atoms with E-state index in [9.17, 15) is 9.90 Å². The molecule has 0 spiro atoms. The fourth-order valence-corrected chi connectivity index (χ4v) is 2.38. The lowest BCUT2D eigenvalue weighted by Gasteiger charge is -2.17. The van der Waals surface area contributed by atoms with E-state index in [1.807, 2.05) is 0 Å². The number of thiazole rings is 1. The van der Waals surface area contributed by atoms with Gasteiger partial charge in [-0.2, -0.15) is 0 Å². The van der Waals surface area contributed by atoms with Gasteiger partial charge in [-0.15, -0.1) is 0 Å². The van der Waals surface area contributed by atoms with Gasteiger partial charge in [0.2, 0.25) is 0 Å². The minimum atomic E-state index is -0.435. The number of aliphatic hydroxyl groups is 1. The summed E-state index contributed by atoms with van der Waals surface area (Å²) in [5.41, 5.74) is 5.77. The molecule has 0 saturated heterocycles. The molecule has 1 heterocycles. The largest absolute Gasteiger partial charge is 0.393 e. The third-order valence-electron chi connectivity index (χ3n) is 2.66. The maximum Gasteiger partial charge on any atom is 0.267 e. The number of nitrogens with one attached hydrogen (secondary N) is 1. The van der Waals surface area contributed by atoms with Crippen molar-refractivity contribution in [3.05, 3.63) is 4.88 Å². The van der Waals surface area contributed by atoms with Crippen LogP contribution in [0.25, 0.3) is 0 Å². The van der Waals surface area contributed by atoms with Crippen LogP contribution in [-0.2, 0) is 4.74 Å². The van der Waals surface area contributed by atoms with Crippen molar-refractivity contribution in [1.29, 1.82) is 0 Å². The van der Waals surface area contributed by atoms with Crippen LogP contribution in [0.2, 0.25) is 0 Å². The number of anilines is 2. The van der Waals surface area contributed by atoms with Crippen molar-refractivity contribution in [2.75, 3.05) is 44.9 Å². The van der Waals surface area contributed by atoms with Crippen molar-refractivity contribution in [2.24, 2.45) is 0 Å². The molecule has 0 aliphatic rings. The van der Waals surface area contributed by atoms with E-state index < -0.39 is 6.10 Å². The molecule has 114 valence electrons. The van der Waals surface area contributed by atoms with E-state index in [-0.39, 0.29) is 11.7 Å². The zero-order chi connectivity index (χ0) is 15.1. The lowest BCUT2D eigenvalue weighted by Crippen LogP contribution is -2.29. The number of nitrogens with two attached hydrogens (primary N) is 1.